The molecule has 6 heteroatoms. The van der Waals surface area contributed by atoms with Gasteiger partial charge < -0.3 is 4.74 Å². The summed E-state index contributed by atoms with van der Waals surface area (Å²) in [5, 5.41) is 0.670. The summed E-state index contributed by atoms with van der Waals surface area (Å²) >= 11 is 1.51. The quantitative estimate of drug-likeness (QED) is 0.474. The molecule has 3 rings (SSSR count). The molecular formula is C21H21FN2O2S. The van der Waals surface area contributed by atoms with Gasteiger partial charge in [0, 0.05) is 30.5 Å². The fourth-order valence-electron chi connectivity index (χ4n) is 2.78. The molecule has 0 amide bonds. The smallest absolute Gasteiger partial charge is 0.257 e. The van der Waals surface area contributed by atoms with E-state index in [2.05, 4.69) is 4.98 Å². The highest BCUT2D eigenvalue weighted by Gasteiger charge is 2.13. The molecule has 0 fully saturated rings. The molecule has 0 saturated carbocycles. The van der Waals surface area contributed by atoms with Crippen LogP contribution in [0.1, 0.15) is 22.4 Å². The molecule has 0 spiro atoms. The number of hydrogen-bond acceptors (Lipinski definition) is 4. The second kappa shape index (κ2) is 8.39. The maximum absolute atomic E-state index is 13.1. The van der Waals surface area contributed by atoms with E-state index in [1.807, 2.05) is 31.2 Å². The zero-order valence-corrected chi connectivity index (χ0v) is 16.3. The molecule has 27 heavy (non-hydrogen) atoms. The number of hydrogen-bond donors (Lipinski definition) is 0. The summed E-state index contributed by atoms with van der Waals surface area (Å²) in [7, 11) is 3.37. The second-order valence-electron chi connectivity index (χ2n) is 6.27. The maximum atomic E-state index is 13.1. The Bertz CT molecular complexity index is 1000. The summed E-state index contributed by atoms with van der Waals surface area (Å²) in [6, 6.07) is 14.0. The van der Waals surface area contributed by atoms with Crippen LogP contribution in [0, 0.1) is 12.7 Å². The lowest BCUT2D eigenvalue weighted by Crippen LogP contribution is -2.25. The number of halogens is 1. The van der Waals surface area contributed by atoms with E-state index in [9.17, 15) is 9.18 Å². The number of nitrogens with zero attached hydrogens (tertiary/aromatic N) is 2. The monoisotopic (exact) mass is 384 g/mol. The van der Waals surface area contributed by atoms with Crippen LogP contribution in [0.4, 0.5) is 4.39 Å². The molecule has 0 aliphatic heterocycles. The number of aromatic nitrogens is 2. The van der Waals surface area contributed by atoms with Gasteiger partial charge in [0.1, 0.15) is 11.6 Å². The van der Waals surface area contributed by atoms with Gasteiger partial charge in [-0.05, 0) is 42.3 Å². The van der Waals surface area contributed by atoms with Crippen LogP contribution >= 0.6 is 11.8 Å². The molecule has 0 unspecified atom stereocenters. The summed E-state index contributed by atoms with van der Waals surface area (Å²) < 4.78 is 19.9. The van der Waals surface area contributed by atoms with Crippen molar-refractivity contribution in [1.82, 2.24) is 9.55 Å². The standard InChI is InChI=1S/C21H21FN2O2S/c1-14-19(12-15-7-9-17(22)10-8-15)20(25)24(2)21(23-14)27-13-16-5-4-6-18(11-16)26-3/h4-11H,12-13H2,1-3H3. The van der Waals surface area contributed by atoms with Crippen LogP contribution in [-0.4, -0.2) is 16.7 Å². The minimum atomic E-state index is -0.286. The molecule has 2 aromatic carbocycles. The molecule has 140 valence electrons. The lowest BCUT2D eigenvalue weighted by atomic mass is 10.1. The van der Waals surface area contributed by atoms with Crippen molar-refractivity contribution in [2.24, 2.45) is 7.05 Å². The van der Waals surface area contributed by atoms with E-state index < -0.39 is 0 Å². The summed E-state index contributed by atoms with van der Waals surface area (Å²) in [6.07, 6.45) is 0.437. The molecule has 4 nitrogen and oxygen atoms in total. The van der Waals surface area contributed by atoms with Gasteiger partial charge in [0.15, 0.2) is 5.16 Å². The highest BCUT2D eigenvalue weighted by molar-refractivity contribution is 7.98. The zero-order valence-electron chi connectivity index (χ0n) is 15.5. The molecule has 0 bridgehead atoms. The van der Waals surface area contributed by atoms with E-state index in [-0.39, 0.29) is 11.4 Å². The van der Waals surface area contributed by atoms with Gasteiger partial charge in [-0.15, -0.1) is 0 Å². The molecule has 0 aliphatic carbocycles. The van der Waals surface area contributed by atoms with Gasteiger partial charge in [0.05, 0.1) is 7.11 Å². The van der Waals surface area contributed by atoms with Gasteiger partial charge in [-0.25, -0.2) is 9.37 Å². The molecule has 1 aromatic heterocycles. The van der Waals surface area contributed by atoms with Gasteiger partial charge in [0.2, 0.25) is 0 Å². The molecule has 3 aromatic rings. The van der Waals surface area contributed by atoms with Crippen molar-refractivity contribution < 1.29 is 9.13 Å². The zero-order chi connectivity index (χ0) is 19.4. The highest BCUT2D eigenvalue weighted by atomic mass is 32.2. The van der Waals surface area contributed by atoms with Crippen LogP contribution in [0.25, 0.3) is 0 Å². The van der Waals surface area contributed by atoms with Crippen LogP contribution in [0.5, 0.6) is 5.75 Å². The third-order valence-electron chi connectivity index (χ3n) is 4.35. The van der Waals surface area contributed by atoms with Crippen LogP contribution in [-0.2, 0) is 19.2 Å². The van der Waals surface area contributed by atoms with Crippen molar-refractivity contribution in [3.63, 3.8) is 0 Å². The number of rotatable bonds is 6. The average Bonchev–Trinajstić information content (AvgIpc) is 2.68. The number of methoxy groups -OCH3 is 1. The Labute approximate surface area is 162 Å². The van der Waals surface area contributed by atoms with Gasteiger partial charge in [-0.3, -0.25) is 9.36 Å². The molecule has 0 atom stereocenters. The fraction of sp³-hybridized carbons (Fsp3) is 0.238. The van der Waals surface area contributed by atoms with Crippen LogP contribution in [0.15, 0.2) is 58.5 Å². The predicted molar refractivity (Wildman–Crippen MR) is 106 cm³/mol. The van der Waals surface area contributed by atoms with Gasteiger partial charge in [0.25, 0.3) is 5.56 Å². The Hall–Kier alpha value is -2.60. The third kappa shape index (κ3) is 4.57. The van der Waals surface area contributed by atoms with E-state index in [4.69, 9.17) is 4.74 Å². The number of benzene rings is 2. The Morgan fingerprint density at radius 3 is 2.59 bits per heavy atom. The van der Waals surface area contributed by atoms with E-state index in [1.54, 1.807) is 30.9 Å². The molecule has 1 heterocycles. The van der Waals surface area contributed by atoms with Crippen LogP contribution < -0.4 is 10.3 Å². The van der Waals surface area contributed by atoms with E-state index in [0.29, 0.717) is 28.6 Å². The first-order valence-electron chi connectivity index (χ1n) is 8.54. The van der Waals surface area contributed by atoms with Crippen molar-refractivity contribution in [3.8, 4) is 5.75 Å². The minimum Gasteiger partial charge on any atom is -0.497 e. The van der Waals surface area contributed by atoms with Gasteiger partial charge in [-0.2, -0.15) is 0 Å². The van der Waals surface area contributed by atoms with Crippen molar-refractivity contribution in [1.29, 1.82) is 0 Å². The number of ether oxygens (including phenoxy) is 1. The van der Waals surface area contributed by atoms with Gasteiger partial charge >= 0.3 is 0 Å². The van der Waals surface area contributed by atoms with E-state index in [0.717, 1.165) is 16.9 Å². The predicted octanol–water partition coefficient (Wildman–Crippen LogP) is 4.12. The summed E-state index contributed by atoms with van der Waals surface area (Å²) in [4.78, 5) is 17.4. The highest BCUT2D eigenvalue weighted by Crippen LogP contribution is 2.23. The number of thioether (sulfide) groups is 1. The van der Waals surface area contributed by atoms with Crippen molar-refractivity contribution >= 4 is 11.8 Å². The van der Waals surface area contributed by atoms with Crippen molar-refractivity contribution in [2.75, 3.05) is 7.11 Å². The topological polar surface area (TPSA) is 44.1 Å². The fourth-order valence-corrected chi connectivity index (χ4v) is 3.73. The van der Waals surface area contributed by atoms with E-state index in [1.165, 1.54) is 23.9 Å². The first-order chi connectivity index (χ1) is 13.0. The largest absolute Gasteiger partial charge is 0.497 e. The summed E-state index contributed by atoms with van der Waals surface area (Å²) in [5.41, 5.74) is 3.25. The number of aryl methyl sites for hydroxylation is 1. The maximum Gasteiger partial charge on any atom is 0.257 e. The second-order valence-corrected chi connectivity index (χ2v) is 7.21. The first kappa shape index (κ1) is 19.2. The summed E-state index contributed by atoms with van der Waals surface area (Å²) in [6.45, 7) is 1.84. The SMILES string of the molecule is COc1cccc(CSc2nc(C)c(Cc3ccc(F)cc3)c(=O)n2C)c1. The first-order valence-corrected chi connectivity index (χ1v) is 9.53. The Morgan fingerprint density at radius 1 is 1.15 bits per heavy atom. The molecule has 0 N–H and O–H groups in total. The molecule has 0 saturated heterocycles. The minimum absolute atomic E-state index is 0.0695. The van der Waals surface area contributed by atoms with Crippen molar-refractivity contribution in [2.45, 2.75) is 24.3 Å². The average molecular weight is 384 g/mol. The van der Waals surface area contributed by atoms with Crippen molar-refractivity contribution in [3.05, 3.63) is 87.1 Å². The van der Waals surface area contributed by atoms with Crippen LogP contribution in [0.3, 0.4) is 0 Å². The lowest BCUT2D eigenvalue weighted by Gasteiger charge is -2.12. The summed E-state index contributed by atoms with van der Waals surface area (Å²) in [5.74, 6) is 1.21. The van der Waals surface area contributed by atoms with Gasteiger partial charge in [-0.1, -0.05) is 36.0 Å². The Morgan fingerprint density at radius 2 is 1.89 bits per heavy atom. The molecule has 0 aliphatic rings. The third-order valence-corrected chi connectivity index (χ3v) is 5.45. The van der Waals surface area contributed by atoms with E-state index >= 15 is 0 Å². The Balaban J connectivity index is 1.81. The molecular weight excluding hydrogens is 363 g/mol. The normalized spacial score (nSPS) is 10.8. The van der Waals surface area contributed by atoms with Crippen LogP contribution in [0.2, 0.25) is 0 Å². The molecule has 0 radical (unpaired) electrons. The lowest BCUT2D eigenvalue weighted by molar-refractivity contribution is 0.414. The Kier molecular flexibility index (Phi) is 5.96.